The van der Waals surface area contributed by atoms with E-state index in [4.69, 9.17) is 9.47 Å². The third-order valence-corrected chi connectivity index (χ3v) is 5.79. The normalized spacial score (nSPS) is 24.5. The number of hydrogen-bond donors (Lipinski definition) is 1. The molecule has 0 spiro atoms. The minimum Gasteiger partial charge on any atom is -0.493 e. The molecule has 2 aliphatic rings. The fraction of sp³-hybridized carbons (Fsp3) is 0.429. The van der Waals surface area contributed by atoms with Gasteiger partial charge in [0.15, 0.2) is 11.5 Å². The van der Waals surface area contributed by atoms with Gasteiger partial charge in [-0.1, -0.05) is 36.4 Å². The van der Waals surface area contributed by atoms with Gasteiger partial charge in [0.25, 0.3) is 0 Å². The van der Waals surface area contributed by atoms with Gasteiger partial charge in [0.1, 0.15) is 0 Å². The lowest BCUT2D eigenvalue weighted by Gasteiger charge is -2.43. The zero-order chi connectivity index (χ0) is 16.5. The highest BCUT2D eigenvalue weighted by molar-refractivity contribution is 5.85. The molecule has 2 aromatic rings. The van der Waals surface area contributed by atoms with E-state index in [1.54, 1.807) is 14.2 Å². The van der Waals surface area contributed by atoms with E-state index in [1.807, 2.05) is 0 Å². The van der Waals surface area contributed by atoms with Gasteiger partial charge in [-0.2, -0.15) is 0 Å². The van der Waals surface area contributed by atoms with Crippen molar-refractivity contribution in [2.75, 3.05) is 27.3 Å². The van der Waals surface area contributed by atoms with Crippen molar-refractivity contribution in [3.63, 3.8) is 0 Å². The highest BCUT2D eigenvalue weighted by atomic mass is 35.5. The molecule has 0 saturated carbocycles. The molecule has 0 radical (unpaired) electrons. The highest BCUT2D eigenvalue weighted by Crippen LogP contribution is 2.51. The molecule has 4 heteroatoms. The number of nitrogens with one attached hydrogen (secondary N) is 1. The number of fused-ring (bicyclic) bond motifs is 3. The summed E-state index contributed by atoms with van der Waals surface area (Å²) in [5.74, 6) is 3.55. The van der Waals surface area contributed by atoms with Gasteiger partial charge in [-0.3, -0.25) is 0 Å². The van der Waals surface area contributed by atoms with Crippen molar-refractivity contribution in [1.29, 1.82) is 0 Å². The molecule has 0 aromatic heterocycles. The van der Waals surface area contributed by atoms with Crippen LogP contribution in [0.15, 0.2) is 42.5 Å². The fourth-order valence-corrected chi connectivity index (χ4v) is 4.70. The van der Waals surface area contributed by atoms with Crippen LogP contribution in [0.5, 0.6) is 11.5 Å². The molecule has 4 rings (SSSR count). The predicted octanol–water partition coefficient (Wildman–Crippen LogP) is 4.16. The smallest absolute Gasteiger partial charge is 0.164 e. The second-order valence-electron chi connectivity index (χ2n) is 6.85. The SMILES string of the molecule is COc1ccc2c(c1OC)CC(c1ccccc1)C1CCNCC21.Cl. The molecule has 134 valence electrons. The van der Waals surface area contributed by atoms with Crippen LogP contribution in [0.3, 0.4) is 0 Å². The van der Waals surface area contributed by atoms with Crippen LogP contribution in [0.2, 0.25) is 0 Å². The molecule has 25 heavy (non-hydrogen) atoms. The Balaban J connectivity index is 0.00000182. The van der Waals surface area contributed by atoms with Crippen molar-refractivity contribution in [2.45, 2.75) is 24.7 Å². The first-order valence-electron chi connectivity index (χ1n) is 8.83. The van der Waals surface area contributed by atoms with Gasteiger partial charge in [0.05, 0.1) is 14.2 Å². The van der Waals surface area contributed by atoms with E-state index in [9.17, 15) is 0 Å². The van der Waals surface area contributed by atoms with Crippen LogP contribution >= 0.6 is 12.4 Å². The number of methoxy groups -OCH3 is 2. The molecule has 1 saturated heterocycles. The second-order valence-corrected chi connectivity index (χ2v) is 6.85. The molecular formula is C21H26ClNO2. The van der Waals surface area contributed by atoms with Crippen LogP contribution in [-0.2, 0) is 6.42 Å². The average molecular weight is 360 g/mol. The van der Waals surface area contributed by atoms with Gasteiger partial charge in [-0.15, -0.1) is 12.4 Å². The highest BCUT2D eigenvalue weighted by Gasteiger charge is 2.40. The zero-order valence-electron chi connectivity index (χ0n) is 14.8. The minimum atomic E-state index is 0. The number of halogens is 1. The van der Waals surface area contributed by atoms with Crippen molar-refractivity contribution in [3.05, 3.63) is 59.2 Å². The molecule has 1 aliphatic heterocycles. The molecule has 3 unspecified atom stereocenters. The first kappa shape index (κ1) is 18.1. The third-order valence-electron chi connectivity index (χ3n) is 5.79. The van der Waals surface area contributed by atoms with Gasteiger partial charge in [-0.05, 0) is 48.4 Å². The van der Waals surface area contributed by atoms with E-state index in [2.05, 4.69) is 47.8 Å². The molecule has 3 nitrogen and oxygen atoms in total. The summed E-state index contributed by atoms with van der Waals surface area (Å²) in [6, 6.07) is 15.3. The molecule has 3 atom stereocenters. The lowest BCUT2D eigenvalue weighted by Crippen LogP contribution is -2.41. The van der Waals surface area contributed by atoms with Gasteiger partial charge < -0.3 is 14.8 Å². The number of hydrogen-bond acceptors (Lipinski definition) is 3. The van der Waals surface area contributed by atoms with Crippen LogP contribution < -0.4 is 14.8 Å². The Kier molecular flexibility index (Phi) is 5.55. The zero-order valence-corrected chi connectivity index (χ0v) is 15.6. The molecule has 1 N–H and O–H groups in total. The van der Waals surface area contributed by atoms with E-state index in [1.165, 1.54) is 23.1 Å². The number of ether oxygens (including phenoxy) is 2. The Morgan fingerprint density at radius 2 is 1.76 bits per heavy atom. The lowest BCUT2D eigenvalue weighted by atomic mass is 9.64. The van der Waals surface area contributed by atoms with E-state index in [0.29, 0.717) is 17.8 Å². The van der Waals surface area contributed by atoms with Gasteiger partial charge in [0, 0.05) is 18.0 Å². The third kappa shape index (κ3) is 3.11. The summed E-state index contributed by atoms with van der Waals surface area (Å²) in [7, 11) is 3.47. The molecule has 1 fully saturated rings. The number of benzene rings is 2. The average Bonchev–Trinajstić information content (AvgIpc) is 2.66. The summed E-state index contributed by atoms with van der Waals surface area (Å²) in [5, 5.41) is 3.59. The van der Waals surface area contributed by atoms with E-state index >= 15 is 0 Å². The topological polar surface area (TPSA) is 30.5 Å². The summed E-state index contributed by atoms with van der Waals surface area (Å²) < 4.78 is 11.3. The molecule has 1 heterocycles. The van der Waals surface area contributed by atoms with Crippen molar-refractivity contribution in [3.8, 4) is 11.5 Å². The summed E-state index contributed by atoms with van der Waals surface area (Å²) in [6.45, 7) is 2.17. The number of rotatable bonds is 3. The Bertz CT molecular complexity index is 719. The van der Waals surface area contributed by atoms with Crippen molar-refractivity contribution in [1.82, 2.24) is 5.32 Å². The van der Waals surface area contributed by atoms with Crippen LogP contribution in [-0.4, -0.2) is 27.3 Å². The van der Waals surface area contributed by atoms with Crippen molar-refractivity contribution >= 4 is 12.4 Å². The maximum absolute atomic E-state index is 5.75. The second kappa shape index (κ2) is 7.67. The maximum Gasteiger partial charge on any atom is 0.164 e. The Morgan fingerprint density at radius 3 is 2.48 bits per heavy atom. The lowest BCUT2D eigenvalue weighted by molar-refractivity contribution is 0.251. The van der Waals surface area contributed by atoms with Crippen LogP contribution in [0, 0.1) is 5.92 Å². The first-order chi connectivity index (χ1) is 11.8. The van der Waals surface area contributed by atoms with Crippen LogP contribution in [0.25, 0.3) is 0 Å². The minimum absolute atomic E-state index is 0. The molecule has 0 amide bonds. The van der Waals surface area contributed by atoms with E-state index < -0.39 is 0 Å². The monoisotopic (exact) mass is 359 g/mol. The van der Waals surface area contributed by atoms with Crippen LogP contribution in [0.1, 0.15) is 34.9 Å². The van der Waals surface area contributed by atoms with Gasteiger partial charge in [0.2, 0.25) is 0 Å². The van der Waals surface area contributed by atoms with Crippen molar-refractivity contribution < 1.29 is 9.47 Å². The van der Waals surface area contributed by atoms with Crippen LogP contribution in [0.4, 0.5) is 0 Å². The van der Waals surface area contributed by atoms with E-state index in [0.717, 1.165) is 31.0 Å². The maximum atomic E-state index is 5.75. The summed E-state index contributed by atoms with van der Waals surface area (Å²) in [4.78, 5) is 0. The van der Waals surface area contributed by atoms with Gasteiger partial charge in [-0.25, -0.2) is 0 Å². The fourth-order valence-electron chi connectivity index (χ4n) is 4.70. The summed E-state index contributed by atoms with van der Waals surface area (Å²) in [6.07, 6.45) is 2.26. The Hall–Kier alpha value is -1.71. The van der Waals surface area contributed by atoms with E-state index in [-0.39, 0.29) is 12.4 Å². The first-order valence-corrected chi connectivity index (χ1v) is 8.83. The molecule has 1 aliphatic carbocycles. The summed E-state index contributed by atoms with van der Waals surface area (Å²) >= 11 is 0. The molecule has 0 bridgehead atoms. The quantitative estimate of drug-likeness (QED) is 0.892. The summed E-state index contributed by atoms with van der Waals surface area (Å²) in [5.41, 5.74) is 4.22. The standard InChI is InChI=1S/C21H25NO2.ClH/c1-23-20-9-8-15-18(21(20)24-2)12-17(14-6-4-3-5-7-14)16-10-11-22-13-19(15)16;/h3-9,16-17,19,22H,10-13H2,1-2H3;1H. The van der Waals surface area contributed by atoms with Crippen molar-refractivity contribution in [2.24, 2.45) is 5.92 Å². The Morgan fingerprint density at radius 1 is 0.960 bits per heavy atom. The van der Waals surface area contributed by atoms with Gasteiger partial charge >= 0.3 is 0 Å². The largest absolute Gasteiger partial charge is 0.493 e. The predicted molar refractivity (Wildman–Crippen MR) is 103 cm³/mol. The number of piperidine rings is 1. The Labute approximate surface area is 156 Å². The molecule has 2 aromatic carbocycles. The molecular weight excluding hydrogens is 334 g/mol.